The Morgan fingerprint density at radius 3 is 2.38 bits per heavy atom. The molecule has 1 saturated carbocycles. The molecule has 320 valence electrons. The van der Waals surface area contributed by atoms with Gasteiger partial charge in [-0.2, -0.15) is 0 Å². The molecule has 0 spiro atoms. The summed E-state index contributed by atoms with van der Waals surface area (Å²) in [7, 11) is 1.53. The van der Waals surface area contributed by atoms with Crippen molar-refractivity contribution >= 4 is 52.3 Å². The second-order valence-corrected chi connectivity index (χ2v) is 18.9. The lowest BCUT2D eigenvalue weighted by molar-refractivity contribution is -0.119. The third kappa shape index (κ3) is 8.86. The van der Waals surface area contributed by atoms with Crippen LogP contribution in [0.5, 0.6) is 5.88 Å². The maximum absolute atomic E-state index is 13.4. The van der Waals surface area contributed by atoms with E-state index in [0.717, 1.165) is 41.7 Å². The molecular formula is C46H51Cl2N7O6. The lowest BCUT2D eigenvalue weighted by Crippen LogP contribution is -2.43. The number of likely N-dealkylation sites (tertiary alicyclic amines) is 1. The van der Waals surface area contributed by atoms with Crippen molar-refractivity contribution in [2.75, 3.05) is 13.7 Å². The smallest absolute Gasteiger partial charge is 0.411 e. The van der Waals surface area contributed by atoms with Crippen LogP contribution in [-0.2, 0) is 20.8 Å². The first-order valence-corrected chi connectivity index (χ1v) is 21.5. The maximum atomic E-state index is 13.4. The molecule has 2 aliphatic heterocycles. The zero-order chi connectivity index (χ0) is 43.4. The SMILES string of the molecule is COc1nc(-c2cccc(-c3ccnc(-c4ccc5nc([C@@H]6[C@H]7CC[C@H](C7)N6C(=O)OC(C)(C)C)[nH]c5c4)c3Cl)c2Cl)ccc1CN(C[C@@H]1CCC(=O)N1)C(=O)OC(C)(C)C. The molecule has 1 aliphatic carbocycles. The molecule has 15 heteroatoms. The molecule has 61 heavy (non-hydrogen) atoms. The second kappa shape index (κ2) is 16.5. The van der Waals surface area contributed by atoms with Crippen molar-refractivity contribution in [1.82, 2.24) is 35.1 Å². The summed E-state index contributed by atoms with van der Waals surface area (Å²) in [5.41, 5.74) is 4.91. The third-order valence-corrected chi connectivity index (χ3v) is 12.2. The number of amides is 3. The first kappa shape index (κ1) is 42.3. The van der Waals surface area contributed by atoms with E-state index in [2.05, 4.69) is 10.3 Å². The van der Waals surface area contributed by atoms with Crippen LogP contribution >= 0.6 is 23.2 Å². The molecule has 3 aliphatic rings. The molecule has 0 radical (unpaired) electrons. The molecule has 2 N–H and O–H groups in total. The molecule has 2 aromatic carbocycles. The quantitative estimate of drug-likeness (QED) is 0.147. The number of imidazole rings is 1. The average Bonchev–Trinajstić information content (AvgIpc) is 4.01. The Bertz CT molecular complexity index is 2510. The standard InChI is InChI=1S/C46H51Cl2N7O6/c1-45(2,3)60-43(57)54(24-28-14-18-36(56)50-28)23-27-13-16-33(53-42(27)59-7)32-10-8-9-30(37(32)47)31-19-20-49-39(38(31)48)25-12-17-34-35(22-25)52-41(51-34)40-26-11-15-29(21-26)55(40)44(58)61-46(4,5)6/h8-10,12-13,16-17,19-20,22,26,28-29,40H,11,14-15,18,21,23-24H2,1-7H3,(H,50,56)(H,51,52)/t26-,28-,29+,40-/m0/s1. The Morgan fingerprint density at radius 2 is 1.66 bits per heavy atom. The summed E-state index contributed by atoms with van der Waals surface area (Å²) in [5.74, 6) is 1.35. The maximum Gasteiger partial charge on any atom is 0.411 e. The number of nitrogens with one attached hydrogen (secondary N) is 2. The van der Waals surface area contributed by atoms with Crippen molar-refractivity contribution in [1.29, 1.82) is 0 Å². The van der Waals surface area contributed by atoms with Crippen LogP contribution in [0.25, 0.3) is 44.7 Å². The number of piperidine rings is 1. The number of hydrogen-bond donors (Lipinski definition) is 2. The fraction of sp³-hybridized carbons (Fsp3) is 0.435. The number of nitrogens with zero attached hydrogens (tertiary/aromatic N) is 5. The minimum absolute atomic E-state index is 0.0355. The van der Waals surface area contributed by atoms with Gasteiger partial charge in [0, 0.05) is 59.1 Å². The molecule has 3 fully saturated rings. The minimum Gasteiger partial charge on any atom is -0.481 e. The van der Waals surface area contributed by atoms with Gasteiger partial charge in [-0.15, -0.1) is 0 Å². The number of benzene rings is 2. The van der Waals surface area contributed by atoms with Gasteiger partial charge in [-0.3, -0.25) is 14.7 Å². The zero-order valence-electron chi connectivity index (χ0n) is 35.5. The van der Waals surface area contributed by atoms with Gasteiger partial charge in [0.2, 0.25) is 11.8 Å². The summed E-state index contributed by atoms with van der Waals surface area (Å²) in [4.78, 5) is 60.2. The summed E-state index contributed by atoms with van der Waals surface area (Å²) in [6, 6.07) is 16.8. The van der Waals surface area contributed by atoms with Gasteiger partial charge in [-0.25, -0.2) is 19.6 Å². The largest absolute Gasteiger partial charge is 0.481 e. The van der Waals surface area contributed by atoms with E-state index in [9.17, 15) is 14.4 Å². The van der Waals surface area contributed by atoms with Crippen LogP contribution in [0, 0.1) is 5.92 Å². The van der Waals surface area contributed by atoms with E-state index in [1.165, 1.54) is 7.11 Å². The van der Waals surface area contributed by atoms with E-state index in [4.69, 9.17) is 52.4 Å². The molecule has 8 rings (SSSR count). The van der Waals surface area contributed by atoms with Gasteiger partial charge < -0.3 is 29.4 Å². The Labute approximate surface area is 365 Å². The first-order valence-electron chi connectivity index (χ1n) is 20.7. The van der Waals surface area contributed by atoms with Crippen molar-refractivity contribution < 1.29 is 28.6 Å². The molecule has 3 amide bonds. The van der Waals surface area contributed by atoms with Gasteiger partial charge in [0.1, 0.15) is 17.0 Å². The van der Waals surface area contributed by atoms with Gasteiger partial charge in [0.25, 0.3) is 0 Å². The highest BCUT2D eigenvalue weighted by atomic mass is 35.5. The molecule has 2 bridgehead atoms. The zero-order valence-corrected chi connectivity index (χ0v) is 37.0. The number of aromatic nitrogens is 4. The molecule has 2 saturated heterocycles. The fourth-order valence-corrected chi connectivity index (χ4v) is 9.40. The van der Waals surface area contributed by atoms with Crippen LogP contribution in [0.1, 0.15) is 91.1 Å². The summed E-state index contributed by atoms with van der Waals surface area (Å²) >= 11 is 14.4. The predicted octanol–water partition coefficient (Wildman–Crippen LogP) is 10.1. The average molecular weight is 869 g/mol. The van der Waals surface area contributed by atoms with E-state index in [-0.39, 0.29) is 43.2 Å². The predicted molar refractivity (Wildman–Crippen MR) is 234 cm³/mol. The normalized spacial score (nSPS) is 20.0. The van der Waals surface area contributed by atoms with Gasteiger partial charge in [0.05, 0.1) is 52.2 Å². The highest BCUT2D eigenvalue weighted by Gasteiger charge is 2.51. The molecule has 5 aromatic rings. The molecule has 0 unspecified atom stereocenters. The number of halogens is 2. The Hall–Kier alpha value is -5.40. The Balaban J connectivity index is 1.06. The molecule has 3 aromatic heterocycles. The number of methoxy groups -OCH3 is 1. The van der Waals surface area contributed by atoms with Gasteiger partial charge in [-0.1, -0.05) is 47.5 Å². The summed E-state index contributed by atoms with van der Waals surface area (Å²) < 4.78 is 17.3. The topological polar surface area (TPSA) is 152 Å². The third-order valence-electron chi connectivity index (χ3n) is 11.4. The van der Waals surface area contributed by atoms with Crippen LogP contribution in [0.2, 0.25) is 10.0 Å². The van der Waals surface area contributed by atoms with E-state index in [0.29, 0.717) is 68.3 Å². The van der Waals surface area contributed by atoms with Crippen molar-refractivity contribution in [3.63, 3.8) is 0 Å². The number of hydrogen-bond acceptors (Lipinski definition) is 9. The molecule has 13 nitrogen and oxygen atoms in total. The van der Waals surface area contributed by atoms with Crippen molar-refractivity contribution in [2.24, 2.45) is 5.92 Å². The number of carbonyl (C=O) groups excluding carboxylic acids is 3. The van der Waals surface area contributed by atoms with Crippen molar-refractivity contribution in [3.05, 3.63) is 82.2 Å². The minimum atomic E-state index is -0.707. The summed E-state index contributed by atoms with van der Waals surface area (Å²) in [5, 5.41) is 3.80. The van der Waals surface area contributed by atoms with Crippen LogP contribution in [0.15, 0.2) is 60.8 Å². The van der Waals surface area contributed by atoms with Crippen molar-refractivity contribution in [3.8, 4) is 39.5 Å². The number of H-pyrrole nitrogens is 1. The fourth-order valence-electron chi connectivity index (χ4n) is 8.76. The van der Waals surface area contributed by atoms with Crippen LogP contribution < -0.4 is 10.1 Å². The Morgan fingerprint density at radius 1 is 0.902 bits per heavy atom. The first-order chi connectivity index (χ1) is 29.0. The van der Waals surface area contributed by atoms with Crippen LogP contribution in [0.4, 0.5) is 9.59 Å². The number of aromatic amines is 1. The van der Waals surface area contributed by atoms with E-state index >= 15 is 0 Å². The van der Waals surface area contributed by atoms with E-state index < -0.39 is 17.3 Å². The second-order valence-electron chi connectivity index (χ2n) is 18.1. The molecule has 5 heterocycles. The molecular weight excluding hydrogens is 817 g/mol. The number of ether oxygens (including phenoxy) is 3. The molecule has 4 atom stereocenters. The number of carbonyl (C=O) groups is 3. The monoisotopic (exact) mass is 867 g/mol. The van der Waals surface area contributed by atoms with E-state index in [1.807, 2.05) is 101 Å². The summed E-state index contributed by atoms with van der Waals surface area (Å²) in [6.07, 6.45) is 4.90. The van der Waals surface area contributed by atoms with Gasteiger partial charge in [-0.05, 0) is 103 Å². The Kier molecular flexibility index (Phi) is 11.4. The lowest BCUT2D eigenvalue weighted by atomic mass is 9.98. The lowest BCUT2D eigenvalue weighted by Gasteiger charge is -2.35. The number of fused-ring (bicyclic) bond motifs is 3. The van der Waals surface area contributed by atoms with Crippen LogP contribution in [-0.4, -0.2) is 84.8 Å². The van der Waals surface area contributed by atoms with E-state index in [1.54, 1.807) is 11.1 Å². The summed E-state index contributed by atoms with van der Waals surface area (Å²) in [6.45, 7) is 11.5. The van der Waals surface area contributed by atoms with Crippen LogP contribution in [0.3, 0.4) is 0 Å². The highest BCUT2D eigenvalue weighted by Crippen LogP contribution is 2.50. The van der Waals surface area contributed by atoms with Crippen molar-refractivity contribution in [2.45, 2.75) is 110 Å². The van der Waals surface area contributed by atoms with Gasteiger partial charge >= 0.3 is 12.2 Å². The highest BCUT2D eigenvalue weighted by molar-refractivity contribution is 6.39. The van der Waals surface area contributed by atoms with Gasteiger partial charge in [0.15, 0.2) is 0 Å². The number of rotatable bonds is 9. The number of pyridine rings is 2.